The van der Waals surface area contributed by atoms with E-state index in [1.165, 1.54) is 10.8 Å². The Morgan fingerprint density at radius 1 is 1.29 bits per heavy atom. The van der Waals surface area contributed by atoms with E-state index in [0.717, 1.165) is 25.5 Å². The third-order valence-electron chi connectivity index (χ3n) is 5.84. The first-order valence-electron chi connectivity index (χ1n) is 9.62. The summed E-state index contributed by atoms with van der Waals surface area (Å²) in [5, 5.41) is 9.10. The van der Waals surface area contributed by atoms with Crippen LogP contribution in [0.1, 0.15) is 43.1 Å². The van der Waals surface area contributed by atoms with E-state index in [1.807, 2.05) is 6.92 Å². The minimum Gasteiger partial charge on any atom is -0.477 e. The van der Waals surface area contributed by atoms with Gasteiger partial charge in [-0.2, -0.15) is 0 Å². The van der Waals surface area contributed by atoms with Crippen LogP contribution < -0.4 is 10.3 Å². The molecular weight excluding hydrogens is 368 g/mol. The maximum Gasteiger partial charge on any atom is 0.341 e. The minimum absolute atomic E-state index is 0.000487. The molecule has 1 atom stereocenters. The van der Waals surface area contributed by atoms with Crippen molar-refractivity contribution in [2.24, 2.45) is 0 Å². The second-order valence-corrected chi connectivity index (χ2v) is 7.66. The van der Waals surface area contributed by atoms with Gasteiger partial charge in [-0.25, -0.2) is 13.6 Å². The average molecular weight is 391 g/mol. The minimum atomic E-state index is -1.39. The molecule has 1 aromatic carbocycles. The lowest BCUT2D eigenvalue weighted by molar-refractivity contribution is 0.0694. The molecule has 2 aromatic rings. The molecule has 0 bridgehead atoms. The third kappa shape index (κ3) is 2.96. The molecule has 1 aliphatic carbocycles. The van der Waals surface area contributed by atoms with Gasteiger partial charge in [-0.3, -0.25) is 9.69 Å². The molecule has 1 unspecified atom stereocenters. The number of rotatable bonds is 4. The number of piperazine rings is 1. The van der Waals surface area contributed by atoms with Crippen LogP contribution >= 0.6 is 0 Å². The fourth-order valence-electron chi connectivity index (χ4n) is 4.18. The highest BCUT2D eigenvalue weighted by atomic mass is 19.1. The van der Waals surface area contributed by atoms with E-state index in [1.54, 1.807) is 4.90 Å². The number of carboxylic acid groups (broad SMARTS) is 1. The molecular formula is C20H23F2N3O3. The van der Waals surface area contributed by atoms with Crippen LogP contribution in [0.25, 0.3) is 10.9 Å². The highest BCUT2D eigenvalue weighted by Crippen LogP contribution is 2.39. The van der Waals surface area contributed by atoms with Crippen LogP contribution in [-0.2, 0) is 0 Å². The van der Waals surface area contributed by atoms with Gasteiger partial charge < -0.3 is 14.6 Å². The zero-order chi connectivity index (χ0) is 20.2. The van der Waals surface area contributed by atoms with Gasteiger partial charge in [0.15, 0.2) is 5.82 Å². The van der Waals surface area contributed by atoms with Crippen molar-refractivity contribution in [3.8, 4) is 0 Å². The number of hydrogen-bond acceptors (Lipinski definition) is 4. The Labute approximate surface area is 161 Å². The molecule has 150 valence electrons. The summed E-state index contributed by atoms with van der Waals surface area (Å²) in [6, 6.07) is 1.08. The largest absolute Gasteiger partial charge is 0.477 e. The average Bonchev–Trinajstić information content (AvgIpc) is 3.47. The van der Waals surface area contributed by atoms with Crippen molar-refractivity contribution in [3.05, 3.63) is 39.7 Å². The first-order valence-corrected chi connectivity index (χ1v) is 9.62. The number of aromatic nitrogens is 1. The number of nitrogens with zero attached hydrogens (tertiary/aromatic N) is 3. The number of benzene rings is 1. The summed E-state index contributed by atoms with van der Waals surface area (Å²) in [7, 11) is 0. The number of halogens is 2. The Morgan fingerprint density at radius 3 is 2.57 bits per heavy atom. The second kappa shape index (κ2) is 6.84. The van der Waals surface area contributed by atoms with Crippen LogP contribution in [0.15, 0.2) is 17.1 Å². The number of aromatic carboxylic acids is 1. The second-order valence-electron chi connectivity index (χ2n) is 7.66. The summed E-state index contributed by atoms with van der Waals surface area (Å²) in [5.74, 6) is -3.01. The predicted octanol–water partition coefficient (Wildman–Crippen LogP) is 2.84. The maximum atomic E-state index is 15.6. The Morgan fingerprint density at radius 2 is 2.00 bits per heavy atom. The van der Waals surface area contributed by atoms with Gasteiger partial charge in [0.2, 0.25) is 5.43 Å². The van der Waals surface area contributed by atoms with Gasteiger partial charge in [0.1, 0.15) is 17.1 Å². The molecule has 1 saturated heterocycles. The summed E-state index contributed by atoms with van der Waals surface area (Å²) < 4.78 is 32.0. The number of anilines is 1. The van der Waals surface area contributed by atoms with Crippen LogP contribution in [0.5, 0.6) is 0 Å². The fraction of sp³-hybridized carbons (Fsp3) is 0.500. The highest BCUT2D eigenvalue weighted by Gasteiger charge is 2.32. The van der Waals surface area contributed by atoms with Crippen molar-refractivity contribution in [1.82, 2.24) is 9.47 Å². The monoisotopic (exact) mass is 391 g/mol. The Bertz CT molecular complexity index is 1020. The van der Waals surface area contributed by atoms with E-state index in [4.69, 9.17) is 0 Å². The van der Waals surface area contributed by atoms with E-state index in [-0.39, 0.29) is 28.7 Å². The van der Waals surface area contributed by atoms with Gasteiger partial charge in [-0.05, 0) is 32.4 Å². The summed E-state index contributed by atoms with van der Waals surface area (Å²) in [5.41, 5.74) is -1.45. The van der Waals surface area contributed by atoms with E-state index in [9.17, 15) is 19.1 Å². The molecule has 4 rings (SSSR count). The lowest BCUT2D eigenvalue weighted by Gasteiger charge is -2.40. The summed E-state index contributed by atoms with van der Waals surface area (Å²) in [6.07, 6.45) is 2.75. The van der Waals surface area contributed by atoms with E-state index in [0.29, 0.717) is 19.6 Å². The summed E-state index contributed by atoms with van der Waals surface area (Å²) >= 11 is 0. The van der Waals surface area contributed by atoms with Gasteiger partial charge in [0.05, 0.1) is 10.9 Å². The van der Waals surface area contributed by atoms with Crippen LogP contribution in [0.3, 0.4) is 0 Å². The Hall–Kier alpha value is -2.48. The maximum absolute atomic E-state index is 15.6. The molecule has 0 amide bonds. The molecule has 0 spiro atoms. The molecule has 1 N–H and O–H groups in total. The van der Waals surface area contributed by atoms with Gasteiger partial charge in [0.25, 0.3) is 0 Å². The molecule has 1 saturated carbocycles. The normalized spacial score (nSPS) is 20.7. The van der Waals surface area contributed by atoms with Crippen molar-refractivity contribution in [2.75, 3.05) is 31.1 Å². The molecule has 6 nitrogen and oxygen atoms in total. The van der Waals surface area contributed by atoms with Crippen LogP contribution in [0.2, 0.25) is 0 Å². The SMILES string of the molecule is CCN1CCN(c2c(F)cc3c(=O)c(C(=O)O)cn(C4CC4)c3c2F)CC1C. The molecule has 2 heterocycles. The van der Waals surface area contributed by atoms with E-state index >= 15 is 4.39 Å². The number of pyridine rings is 1. The molecule has 2 fully saturated rings. The first-order chi connectivity index (χ1) is 13.3. The lowest BCUT2D eigenvalue weighted by atomic mass is 10.1. The van der Waals surface area contributed by atoms with Crippen molar-refractivity contribution in [2.45, 2.75) is 38.8 Å². The van der Waals surface area contributed by atoms with E-state index in [2.05, 4.69) is 11.8 Å². The van der Waals surface area contributed by atoms with Crippen molar-refractivity contribution >= 4 is 22.6 Å². The fourth-order valence-corrected chi connectivity index (χ4v) is 4.18. The topological polar surface area (TPSA) is 65.8 Å². The predicted molar refractivity (Wildman–Crippen MR) is 102 cm³/mol. The third-order valence-corrected chi connectivity index (χ3v) is 5.84. The zero-order valence-electron chi connectivity index (χ0n) is 15.9. The number of hydrogen-bond donors (Lipinski definition) is 1. The summed E-state index contributed by atoms with van der Waals surface area (Å²) in [4.78, 5) is 27.9. The standard InChI is InChI=1S/C20H23F2N3O3/c1-3-23-6-7-24(9-11(23)2)18-15(21)8-13-17(16(18)22)25(12-4-5-12)10-14(19(13)26)20(27)28/h8,10-12H,3-7,9H2,1-2H3,(H,27,28). The number of carboxylic acids is 1. The van der Waals surface area contributed by atoms with Crippen molar-refractivity contribution in [1.29, 1.82) is 0 Å². The first kappa shape index (κ1) is 18.9. The lowest BCUT2D eigenvalue weighted by Crippen LogP contribution is -2.52. The Kier molecular flexibility index (Phi) is 4.61. The van der Waals surface area contributed by atoms with Gasteiger partial charge in [0, 0.05) is 37.9 Å². The van der Waals surface area contributed by atoms with Gasteiger partial charge in [-0.1, -0.05) is 6.92 Å². The molecule has 2 aliphatic rings. The van der Waals surface area contributed by atoms with Crippen LogP contribution in [0.4, 0.5) is 14.5 Å². The Balaban J connectivity index is 1.91. The van der Waals surface area contributed by atoms with Gasteiger partial charge >= 0.3 is 5.97 Å². The molecule has 1 aromatic heterocycles. The molecule has 0 radical (unpaired) electrons. The number of carbonyl (C=O) groups is 1. The smallest absolute Gasteiger partial charge is 0.341 e. The van der Waals surface area contributed by atoms with Crippen LogP contribution in [-0.4, -0.2) is 52.8 Å². The summed E-state index contributed by atoms with van der Waals surface area (Å²) in [6.45, 7) is 6.61. The molecule has 1 aliphatic heterocycles. The number of fused-ring (bicyclic) bond motifs is 1. The zero-order valence-corrected chi connectivity index (χ0v) is 15.9. The highest BCUT2D eigenvalue weighted by molar-refractivity contribution is 5.94. The molecule has 8 heteroatoms. The van der Waals surface area contributed by atoms with Crippen molar-refractivity contribution in [3.63, 3.8) is 0 Å². The number of likely N-dealkylation sites (N-methyl/N-ethyl adjacent to an activating group) is 1. The molecule has 28 heavy (non-hydrogen) atoms. The van der Waals surface area contributed by atoms with Crippen LogP contribution in [0, 0.1) is 11.6 Å². The van der Waals surface area contributed by atoms with Crippen molar-refractivity contribution < 1.29 is 18.7 Å². The van der Waals surface area contributed by atoms with Gasteiger partial charge in [-0.15, -0.1) is 0 Å². The van der Waals surface area contributed by atoms with E-state index < -0.39 is 28.6 Å². The quantitative estimate of drug-likeness (QED) is 0.868.